The maximum absolute atomic E-state index is 11.4. The molecule has 18 heavy (non-hydrogen) atoms. The van der Waals surface area contributed by atoms with Gasteiger partial charge in [-0.15, -0.1) is 0 Å². The van der Waals surface area contributed by atoms with E-state index in [0.717, 1.165) is 5.56 Å². The summed E-state index contributed by atoms with van der Waals surface area (Å²) in [6, 6.07) is 6.88. The largest absolute Gasteiger partial charge is 0.464 e. The van der Waals surface area contributed by atoms with E-state index in [-0.39, 0.29) is 5.69 Å². The average molecular weight is 266 g/mol. The van der Waals surface area contributed by atoms with E-state index < -0.39 is 5.97 Å². The van der Waals surface area contributed by atoms with Gasteiger partial charge in [0.15, 0.2) is 5.69 Å². The molecule has 0 spiro atoms. The van der Waals surface area contributed by atoms with Gasteiger partial charge in [-0.3, -0.25) is 0 Å². The molecule has 0 unspecified atom stereocenters. The van der Waals surface area contributed by atoms with Crippen molar-refractivity contribution in [2.24, 2.45) is 0 Å². The Balaban J connectivity index is 2.47. The molecule has 0 saturated carbocycles. The van der Waals surface area contributed by atoms with E-state index in [1.165, 1.54) is 17.9 Å². The minimum absolute atomic E-state index is 0.159. The number of carbonyl (C=O) groups is 1. The van der Waals surface area contributed by atoms with Gasteiger partial charge in [0, 0.05) is 11.1 Å². The average Bonchev–Trinajstić information content (AvgIpc) is 2.74. The predicted octanol–water partition coefficient (Wildman–Crippen LogP) is 2.20. The molecular formula is C12H12ClN3O2. The molecule has 0 aliphatic heterocycles. The van der Waals surface area contributed by atoms with Crippen molar-refractivity contribution < 1.29 is 9.53 Å². The van der Waals surface area contributed by atoms with Gasteiger partial charge in [-0.2, -0.15) is 5.10 Å². The number of ether oxygens (including phenoxy) is 1. The van der Waals surface area contributed by atoms with Gasteiger partial charge in [-0.05, 0) is 24.6 Å². The molecule has 6 heteroatoms. The fourth-order valence-corrected chi connectivity index (χ4v) is 1.69. The van der Waals surface area contributed by atoms with Crippen molar-refractivity contribution >= 4 is 23.4 Å². The van der Waals surface area contributed by atoms with Crippen molar-refractivity contribution in [1.29, 1.82) is 0 Å². The molecule has 1 aromatic heterocycles. The molecule has 1 aromatic carbocycles. The van der Waals surface area contributed by atoms with E-state index in [2.05, 4.69) is 9.84 Å². The zero-order chi connectivity index (χ0) is 13.3. The zero-order valence-corrected chi connectivity index (χ0v) is 10.7. The second-order valence-corrected chi connectivity index (χ2v) is 4.20. The molecule has 2 rings (SSSR count). The van der Waals surface area contributed by atoms with Crippen molar-refractivity contribution in [3.63, 3.8) is 0 Å². The van der Waals surface area contributed by atoms with Crippen molar-refractivity contribution in [1.82, 2.24) is 9.78 Å². The van der Waals surface area contributed by atoms with Crippen LogP contribution in [0.3, 0.4) is 0 Å². The Morgan fingerprint density at radius 3 is 2.78 bits per heavy atom. The summed E-state index contributed by atoms with van der Waals surface area (Å²) in [5.41, 5.74) is 7.61. The van der Waals surface area contributed by atoms with Crippen molar-refractivity contribution in [3.05, 3.63) is 40.5 Å². The summed E-state index contributed by atoms with van der Waals surface area (Å²) in [6.45, 7) is 1.90. The van der Waals surface area contributed by atoms with Crippen molar-refractivity contribution in [2.45, 2.75) is 6.92 Å². The first-order valence-corrected chi connectivity index (χ1v) is 5.61. The molecule has 0 fully saturated rings. The first-order valence-electron chi connectivity index (χ1n) is 5.23. The first-order chi connectivity index (χ1) is 8.52. The fourth-order valence-electron chi connectivity index (χ4n) is 1.52. The van der Waals surface area contributed by atoms with Crippen LogP contribution in [0.4, 0.5) is 5.82 Å². The van der Waals surface area contributed by atoms with E-state index in [1.54, 1.807) is 6.07 Å². The molecule has 94 valence electrons. The number of carbonyl (C=O) groups excluding carboxylic acids is 1. The van der Waals surface area contributed by atoms with Crippen molar-refractivity contribution in [3.8, 4) is 5.69 Å². The molecule has 2 N–H and O–H groups in total. The van der Waals surface area contributed by atoms with Gasteiger partial charge in [0.2, 0.25) is 0 Å². The third-order valence-corrected chi connectivity index (χ3v) is 2.94. The highest BCUT2D eigenvalue weighted by molar-refractivity contribution is 6.31. The Bertz CT molecular complexity index is 607. The van der Waals surface area contributed by atoms with E-state index in [4.69, 9.17) is 17.3 Å². The van der Waals surface area contributed by atoms with Crippen LogP contribution in [-0.2, 0) is 4.74 Å². The minimum Gasteiger partial charge on any atom is -0.464 e. The zero-order valence-electron chi connectivity index (χ0n) is 9.98. The summed E-state index contributed by atoms with van der Waals surface area (Å²) in [7, 11) is 1.29. The molecule has 5 nitrogen and oxygen atoms in total. The number of benzene rings is 1. The molecule has 0 bridgehead atoms. The number of halogens is 1. The Morgan fingerprint density at radius 2 is 2.17 bits per heavy atom. The van der Waals surface area contributed by atoms with Crippen LogP contribution in [0.15, 0.2) is 24.3 Å². The topological polar surface area (TPSA) is 70.1 Å². The van der Waals surface area contributed by atoms with Crippen LogP contribution >= 0.6 is 11.6 Å². The second-order valence-electron chi connectivity index (χ2n) is 3.79. The standard InChI is InChI=1S/C12H12ClN3O2/c1-7-3-4-8(5-9(7)13)16-11(14)6-10(15-16)12(17)18-2/h3-6H,14H2,1-2H3. The summed E-state index contributed by atoms with van der Waals surface area (Å²) in [5.74, 6) is -0.186. The summed E-state index contributed by atoms with van der Waals surface area (Å²) < 4.78 is 6.03. The van der Waals surface area contributed by atoms with Crippen LogP contribution in [0.25, 0.3) is 5.69 Å². The summed E-state index contributed by atoms with van der Waals surface area (Å²) >= 11 is 6.04. The van der Waals surface area contributed by atoms with Crippen LogP contribution in [0.1, 0.15) is 16.1 Å². The molecule has 2 aromatic rings. The number of nitrogens with zero attached hydrogens (tertiary/aromatic N) is 2. The number of anilines is 1. The third kappa shape index (κ3) is 2.17. The van der Waals surface area contributed by atoms with Crippen LogP contribution in [-0.4, -0.2) is 22.9 Å². The van der Waals surface area contributed by atoms with Gasteiger partial charge in [0.1, 0.15) is 5.82 Å². The number of esters is 1. The highest BCUT2D eigenvalue weighted by Crippen LogP contribution is 2.21. The minimum atomic E-state index is -0.529. The Morgan fingerprint density at radius 1 is 1.44 bits per heavy atom. The molecule has 0 atom stereocenters. The van der Waals surface area contributed by atoms with Crippen LogP contribution in [0.5, 0.6) is 0 Å². The van der Waals surface area contributed by atoms with E-state index in [0.29, 0.717) is 16.5 Å². The van der Waals surface area contributed by atoms with Gasteiger partial charge >= 0.3 is 5.97 Å². The number of aryl methyl sites for hydroxylation is 1. The fraction of sp³-hybridized carbons (Fsp3) is 0.167. The molecule has 0 aliphatic carbocycles. The van der Waals surface area contributed by atoms with Crippen LogP contribution in [0, 0.1) is 6.92 Å². The normalized spacial score (nSPS) is 10.4. The molecule has 1 heterocycles. The SMILES string of the molecule is COC(=O)c1cc(N)n(-c2ccc(C)c(Cl)c2)n1. The Kier molecular flexibility index (Phi) is 3.25. The third-order valence-electron chi connectivity index (χ3n) is 2.53. The van der Waals surface area contributed by atoms with Gasteiger partial charge in [-0.1, -0.05) is 17.7 Å². The first kappa shape index (κ1) is 12.4. The molecule has 0 radical (unpaired) electrons. The van der Waals surface area contributed by atoms with Gasteiger partial charge in [-0.25, -0.2) is 9.48 Å². The summed E-state index contributed by atoms with van der Waals surface area (Å²) in [5, 5.41) is 4.69. The second kappa shape index (κ2) is 4.70. The number of nitrogens with two attached hydrogens (primary N) is 1. The number of nitrogen functional groups attached to an aromatic ring is 1. The number of methoxy groups -OCH3 is 1. The van der Waals surface area contributed by atoms with Gasteiger partial charge < -0.3 is 10.5 Å². The maximum atomic E-state index is 11.4. The van der Waals surface area contributed by atoms with E-state index in [9.17, 15) is 4.79 Å². The molecular weight excluding hydrogens is 254 g/mol. The highest BCUT2D eigenvalue weighted by atomic mass is 35.5. The summed E-state index contributed by atoms with van der Waals surface area (Å²) in [4.78, 5) is 11.4. The quantitative estimate of drug-likeness (QED) is 0.845. The lowest BCUT2D eigenvalue weighted by Crippen LogP contribution is -2.05. The van der Waals surface area contributed by atoms with Crippen molar-refractivity contribution in [2.75, 3.05) is 12.8 Å². The number of hydrogen-bond acceptors (Lipinski definition) is 4. The van der Waals surface area contributed by atoms with Crippen LogP contribution in [0.2, 0.25) is 5.02 Å². The highest BCUT2D eigenvalue weighted by Gasteiger charge is 2.14. The maximum Gasteiger partial charge on any atom is 0.358 e. The van der Waals surface area contributed by atoms with E-state index in [1.807, 2.05) is 19.1 Å². The van der Waals surface area contributed by atoms with Gasteiger partial charge in [0.05, 0.1) is 12.8 Å². The smallest absolute Gasteiger partial charge is 0.358 e. The lowest BCUT2D eigenvalue weighted by molar-refractivity contribution is 0.0593. The van der Waals surface area contributed by atoms with Crippen LogP contribution < -0.4 is 5.73 Å². The summed E-state index contributed by atoms with van der Waals surface area (Å²) in [6.07, 6.45) is 0. The number of rotatable bonds is 2. The molecule has 0 saturated heterocycles. The predicted molar refractivity (Wildman–Crippen MR) is 69.1 cm³/mol. The molecule has 0 amide bonds. The van der Waals surface area contributed by atoms with Gasteiger partial charge in [0.25, 0.3) is 0 Å². The molecule has 0 aliphatic rings. The Hall–Kier alpha value is -2.01. The lowest BCUT2D eigenvalue weighted by Gasteiger charge is -2.05. The lowest BCUT2D eigenvalue weighted by atomic mass is 10.2. The number of aromatic nitrogens is 2. The monoisotopic (exact) mass is 265 g/mol. The van der Waals surface area contributed by atoms with E-state index >= 15 is 0 Å². The Labute approximate surface area is 109 Å². The number of hydrogen-bond donors (Lipinski definition) is 1.